The topological polar surface area (TPSA) is 262 Å². The molecule has 18 nitrogen and oxygen atoms in total. The Bertz CT molecular complexity index is 2630. The van der Waals surface area contributed by atoms with E-state index in [1.165, 1.54) is 93.5 Å². The molecule has 61 heavy (non-hydrogen) atoms. The molecular weight excluding hydrogens is 1020 g/mol. The summed E-state index contributed by atoms with van der Waals surface area (Å²) in [5, 5.41) is 0.184. The van der Waals surface area contributed by atoms with Gasteiger partial charge in [-0.1, -0.05) is 23.2 Å². The van der Waals surface area contributed by atoms with Crippen LogP contribution in [0.5, 0.6) is 11.5 Å². The number of halogens is 4. The fourth-order valence-electron chi connectivity index (χ4n) is 5.18. The Morgan fingerprint density at radius 3 is 1.16 bits per heavy atom. The van der Waals surface area contributed by atoms with Crippen LogP contribution in [0, 0.1) is 11.6 Å². The summed E-state index contributed by atoms with van der Waals surface area (Å²) in [4.78, 5) is 42.6. The van der Waals surface area contributed by atoms with Gasteiger partial charge in [0.1, 0.15) is 12.7 Å². The Hall–Kier alpha value is -0.761. The molecule has 0 saturated carbocycles. The molecule has 0 aliphatic heterocycles. The van der Waals surface area contributed by atoms with Crippen LogP contribution in [0.25, 0.3) is 33.9 Å². The van der Waals surface area contributed by atoms with E-state index in [9.17, 15) is 34.7 Å². The van der Waals surface area contributed by atoms with E-state index in [1.54, 1.807) is 12.1 Å². The first-order chi connectivity index (χ1) is 27.0. The Balaban J connectivity index is 0.000000400. The number of hydrogen-bond donors (Lipinski definition) is 6. The molecule has 0 bridgehead atoms. The fourth-order valence-corrected chi connectivity index (χ4v) is 10.0. The van der Waals surface area contributed by atoms with Gasteiger partial charge in [0.05, 0.1) is 35.4 Å². The van der Waals surface area contributed by atoms with Gasteiger partial charge in [-0.3, -0.25) is 9.13 Å². The molecule has 314 valence electrons. The number of rotatable bonds is 12. The van der Waals surface area contributed by atoms with Crippen molar-refractivity contribution in [3.63, 3.8) is 0 Å². The minimum atomic E-state index is -5.00. The van der Waals surface area contributed by atoms with Crippen molar-refractivity contribution in [1.29, 1.82) is 0 Å². The van der Waals surface area contributed by atoms with Crippen molar-refractivity contribution in [2.45, 2.75) is 9.79 Å². The summed E-state index contributed by atoms with van der Waals surface area (Å²) in [7, 11) is -16.1. The maximum atomic E-state index is 14.1. The Morgan fingerprint density at radius 2 is 0.902 bits per heavy atom. The summed E-state index contributed by atoms with van der Waals surface area (Å²) in [6.07, 6.45) is 2.74. The predicted molar refractivity (Wildman–Crippen MR) is 223 cm³/mol. The van der Waals surface area contributed by atoms with Gasteiger partial charge >= 0.3 is 15.5 Å². The average Bonchev–Trinajstić information content (AvgIpc) is 3.72. The van der Waals surface area contributed by atoms with E-state index in [0.717, 1.165) is 24.3 Å². The average molecular weight is 1040 g/mol. The van der Waals surface area contributed by atoms with Gasteiger partial charge < -0.3 is 29.0 Å². The van der Waals surface area contributed by atoms with E-state index in [-0.39, 0.29) is 145 Å². The van der Waals surface area contributed by atoms with Gasteiger partial charge in [0.2, 0.25) is 20.0 Å². The number of aromatic nitrogens is 4. The van der Waals surface area contributed by atoms with Crippen molar-refractivity contribution in [3.05, 3.63) is 120 Å². The number of nitrogens with one attached hydrogen (secondary N) is 2. The van der Waals surface area contributed by atoms with Crippen LogP contribution < -0.4 is 18.5 Å². The van der Waals surface area contributed by atoms with Crippen LogP contribution in [0.2, 0.25) is 10.3 Å². The molecule has 6 aromatic rings. The van der Waals surface area contributed by atoms with Crippen molar-refractivity contribution in [2.75, 3.05) is 14.2 Å². The van der Waals surface area contributed by atoms with Crippen LogP contribution in [0.15, 0.2) is 107 Å². The largest absolute Gasteiger partial charge is 0.494 e. The smallest absolute Gasteiger partial charge is 0.414 e. The molecule has 0 atom stereocenters. The van der Waals surface area contributed by atoms with Crippen LogP contribution in [0.4, 0.5) is 8.78 Å². The summed E-state index contributed by atoms with van der Waals surface area (Å²) < 4.78 is 113. The Morgan fingerprint density at radius 1 is 0.590 bits per heavy atom. The number of methoxy groups -OCH3 is 2. The van der Waals surface area contributed by atoms with Crippen LogP contribution in [0.3, 0.4) is 0 Å². The number of ether oxygens (including phenoxy) is 2. The third-order valence-electron chi connectivity index (χ3n) is 7.62. The molecule has 4 aromatic carbocycles. The summed E-state index contributed by atoms with van der Waals surface area (Å²) in [5.41, 5.74) is 2.40. The standard InChI is InChI=1S/2C16H14ClFN3O6PS.3Ca/c2*1-27-14-7-2-10(8-13(14)18)15-16(17)19-9-21(15)11-3-5-12(6-4-11)29(25,26)20-28(22,23)24;;;/h2*2-9H,1H3,(H3,20,22,23,24);;;. The van der Waals surface area contributed by atoms with Crippen molar-refractivity contribution < 1.29 is 63.8 Å². The molecule has 6 N–H and O–H groups in total. The van der Waals surface area contributed by atoms with E-state index < -0.39 is 47.2 Å². The van der Waals surface area contributed by atoms with Gasteiger partial charge in [-0.25, -0.2) is 44.7 Å². The monoisotopic (exact) mass is 1040 g/mol. The SMILES string of the molecule is COc1ccc(-c2c(Cl)ncn2-c2ccc(S(=O)(=O)NP(=O)(O)O)cc2)cc1F.COc1ccc(-c2c(Cl)ncn2-c2ccc(S(=O)(=O)NP(=O)(O)O)cc2)cc1F.[Ca].[Ca].[Ca]. The van der Waals surface area contributed by atoms with E-state index in [1.807, 2.05) is 0 Å². The van der Waals surface area contributed by atoms with Gasteiger partial charge in [-0.15, -0.1) is 8.99 Å². The normalized spacial score (nSPS) is 11.6. The van der Waals surface area contributed by atoms with Gasteiger partial charge in [-0.2, -0.15) is 0 Å². The molecule has 2 aromatic heterocycles. The summed E-state index contributed by atoms with van der Waals surface area (Å²) in [6.45, 7) is 0. The van der Waals surface area contributed by atoms with E-state index in [0.29, 0.717) is 33.9 Å². The second-order valence-electron chi connectivity index (χ2n) is 11.5. The summed E-state index contributed by atoms with van der Waals surface area (Å²) in [5.74, 6) is -1.08. The van der Waals surface area contributed by atoms with Crippen LogP contribution in [-0.4, -0.2) is 183 Å². The summed E-state index contributed by atoms with van der Waals surface area (Å²) >= 11 is 12.3. The minimum Gasteiger partial charge on any atom is -0.494 e. The number of hydrogen-bond acceptors (Lipinski definition) is 10. The molecule has 0 saturated heterocycles. The zero-order valence-electron chi connectivity index (χ0n) is 31.4. The van der Waals surface area contributed by atoms with Crippen molar-refractivity contribution in [1.82, 2.24) is 28.1 Å². The molecule has 0 spiro atoms. The molecule has 0 unspecified atom stereocenters. The third-order valence-corrected chi connectivity index (χ3v) is 13.8. The van der Waals surface area contributed by atoms with Crippen molar-refractivity contribution in [3.8, 4) is 45.4 Å². The molecule has 0 aliphatic carbocycles. The Labute approximate surface area is 446 Å². The maximum Gasteiger partial charge on any atom is 0.414 e. The maximum absolute atomic E-state index is 14.1. The second kappa shape index (κ2) is 23.1. The Kier molecular flexibility index (Phi) is 21.4. The first-order valence-electron chi connectivity index (χ1n) is 15.6. The molecule has 0 amide bonds. The third kappa shape index (κ3) is 14.6. The predicted octanol–water partition coefficient (Wildman–Crippen LogP) is 4.28. The van der Waals surface area contributed by atoms with E-state index in [4.69, 9.17) is 52.2 Å². The molecule has 6 radical (unpaired) electrons. The van der Waals surface area contributed by atoms with E-state index in [2.05, 4.69) is 9.97 Å². The van der Waals surface area contributed by atoms with Crippen molar-refractivity contribution in [2.24, 2.45) is 0 Å². The number of nitrogens with zero attached hydrogens (tertiary/aromatic N) is 4. The first-order valence-corrected chi connectivity index (χ1v) is 22.5. The number of benzene rings is 4. The van der Waals surface area contributed by atoms with Gasteiger partial charge in [0.15, 0.2) is 33.4 Å². The molecule has 6 rings (SSSR count). The van der Waals surface area contributed by atoms with E-state index >= 15 is 0 Å². The van der Waals surface area contributed by atoms with Crippen LogP contribution >= 0.6 is 38.7 Å². The van der Waals surface area contributed by atoms with Gasteiger partial charge in [-0.05, 0) is 84.9 Å². The molecule has 2 heterocycles. The van der Waals surface area contributed by atoms with Gasteiger partial charge in [0.25, 0.3) is 0 Å². The minimum absolute atomic E-state index is 0. The number of imidazole rings is 2. The quantitative estimate of drug-likeness (QED) is 0.0739. The van der Waals surface area contributed by atoms with Crippen LogP contribution in [0.1, 0.15) is 0 Å². The molecule has 29 heteroatoms. The van der Waals surface area contributed by atoms with Crippen LogP contribution in [-0.2, 0) is 29.2 Å². The second-order valence-corrected chi connectivity index (χ2v) is 18.8. The zero-order chi connectivity index (χ0) is 42.8. The first kappa shape index (κ1) is 56.4. The molecule has 0 fully saturated rings. The fraction of sp³-hybridized carbons (Fsp3) is 0.0625. The number of sulfonamides is 2. The summed E-state index contributed by atoms with van der Waals surface area (Å²) in [6, 6.07) is 18.6. The molecular formula is C32H28Ca3Cl2F2N6O12P2S2. The molecule has 0 aliphatic rings. The van der Waals surface area contributed by atoms with Crippen molar-refractivity contribution >= 4 is 172 Å². The zero-order valence-corrected chi connectivity index (χ0v) is 43.0. The van der Waals surface area contributed by atoms with Gasteiger partial charge in [0, 0.05) is 136 Å².